The highest BCUT2D eigenvalue weighted by atomic mass is 14.4. The fourth-order valence-electron chi connectivity index (χ4n) is 2.70. The van der Waals surface area contributed by atoms with Gasteiger partial charge in [0.1, 0.15) is 0 Å². The van der Waals surface area contributed by atoms with Crippen LogP contribution in [-0.2, 0) is 0 Å². The first-order valence-corrected chi connectivity index (χ1v) is 5.22. The van der Waals surface area contributed by atoms with Gasteiger partial charge in [-0.15, -0.1) is 0 Å². The summed E-state index contributed by atoms with van der Waals surface area (Å²) in [5.74, 6) is 2.28. The first-order valence-electron chi connectivity index (χ1n) is 5.22. The monoisotopic (exact) mass is 174 g/mol. The summed E-state index contributed by atoms with van der Waals surface area (Å²) >= 11 is 0. The van der Waals surface area contributed by atoms with Crippen molar-refractivity contribution in [1.82, 2.24) is 0 Å². The van der Waals surface area contributed by atoms with Crippen molar-refractivity contribution in [3.05, 3.63) is 34.9 Å². The molecule has 1 aromatic rings. The zero-order valence-electron chi connectivity index (χ0n) is 8.96. The third-order valence-electron chi connectivity index (χ3n) is 3.88. The van der Waals surface area contributed by atoms with Crippen LogP contribution in [0.25, 0.3) is 0 Å². The Morgan fingerprint density at radius 2 is 1.69 bits per heavy atom. The molecule has 0 N–H and O–H groups in total. The topological polar surface area (TPSA) is 0 Å². The molecule has 0 heteroatoms. The molecule has 0 spiro atoms. The highest BCUT2D eigenvalue weighted by Gasteiger charge is 2.32. The highest BCUT2D eigenvalue weighted by Crippen LogP contribution is 2.46. The molecule has 0 saturated carbocycles. The highest BCUT2D eigenvalue weighted by molar-refractivity contribution is 5.43. The minimum Gasteiger partial charge on any atom is -0.0617 e. The Morgan fingerprint density at radius 3 is 2.31 bits per heavy atom. The summed E-state index contributed by atoms with van der Waals surface area (Å²) in [4.78, 5) is 0. The van der Waals surface area contributed by atoms with Crippen LogP contribution in [0.2, 0.25) is 0 Å². The van der Waals surface area contributed by atoms with Gasteiger partial charge >= 0.3 is 0 Å². The third kappa shape index (κ3) is 1.12. The second-order valence-electron chi connectivity index (χ2n) is 4.51. The van der Waals surface area contributed by atoms with Crippen LogP contribution in [0.5, 0.6) is 0 Å². The van der Waals surface area contributed by atoms with Crippen LogP contribution in [0.15, 0.2) is 18.2 Å². The summed E-state index contributed by atoms with van der Waals surface area (Å²) in [6.07, 6.45) is 0. The largest absolute Gasteiger partial charge is 0.0617 e. The summed E-state index contributed by atoms with van der Waals surface area (Å²) in [6.45, 7) is 9.32. The predicted octanol–water partition coefficient (Wildman–Crippen LogP) is 3.85. The summed E-state index contributed by atoms with van der Waals surface area (Å²) in [5, 5.41) is 0. The summed E-state index contributed by atoms with van der Waals surface area (Å²) in [5.41, 5.74) is 4.67. The van der Waals surface area contributed by atoms with Crippen LogP contribution in [-0.4, -0.2) is 0 Å². The Kier molecular flexibility index (Phi) is 1.94. The third-order valence-corrected chi connectivity index (χ3v) is 3.88. The summed E-state index contributed by atoms with van der Waals surface area (Å²) < 4.78 is 0. The first-order chi connectivity index (χ1) is 6.13. The van der Waals surface area contributed by atoms with Gasteiger partial charge in [0.05, 0.1) is 0 Å². The SMILES string of the molecule is Cc1cccc2c1C(C)C(C)C2C. The Balaban J connectivity index is 2.60. The van der Waals surface area contributed by atoms with E-state index < -0.39 is 0 Å². The minimum absolute atomic E-state index is 0.741. The van der Waals surface area contributed by atoms with E-state index in [1.54, 1.807) is 11.1 Å². The molecular weight excluding hydrogens is 156 g/mol. The lowest BCUT2D eigenvalue weighted by atomic mass is 9.91. The molecule has 1 aliphatic carbocycles. The molecule has 3 unspecified atom stereocenters. The standard InChI is InChI=1S/C13H18/c1-8-6-5-7-12-10(3)9(2)11(4)13(8)12/h5-7,9-11H,1-4H3. The van der Waals surface area contributed by atoms with Gasteiger partial charge in [-0.3, -0.25) is 0 Å². The zero-order valence-corrected chi connectivity index (χ0v) is 8.96. The van der Waals surface area contributed by atoms with E-state index in [2.05, 4.69) is 45.9 Å². The predicted molar refractivity (Wildman–Crippen MR) is 57.2 cm³/mol. The van der Waals surface area contributed by atoms with Crippen molar-refractivity contribution in [2.75, 3.05) is 0 Å². The quantitative estimate of drug-likeness (QED) is 0.560. The zero-order chi connectivity index (χ0) is 9.59. The second-order valence-corrected chi connectivity index (χ2v) is 4.51. The molecule has 0 radical (unpaired) electrons. The fraction of sp³-hybridized carbons (Fsp3) is 0.538. The Hall–Kier alpha value is -0.780. The van der Waals surface area contributed by atoms with E-state index in [1.807, 2.05) is 0 Å². The van der Waals surface area contributed by atoms with Crippen molar-refractivity contribution in [3.8, 4) is 0 Å². The smallest absolute Gasteiger partial charge is 0.0153 e. The second kappa shape index (κ2) is 2.87. The van der Waals surface area contributed by atoms with Crippen LogP contribution in [0, 0.1) is 12.8 Å². The van der Waals surface area contributed by atoms with Crippen molar-refractivity contribution in [2.45, 2.75) is 39.5 Å². The van der Waals surface area contributed by atoms with Crippen molar-refractivity contribution in [3.63, 3.8) is 0 Å². The number of rotatable bonds is 0. The van der Waals surface area contributed by atoms with Crippen LogP contribution < -0.4 is 0 Å². The van der Waals surface area contributed by atoms with E-state index in [0.717, 1.165) is 17.8 Å². The Bertz CT molecular complexity index is 325. The molecule has 0 heterocycles. The van der Waals surface area contributed by atoms with Gasteiger partial charge in [-0.25, -0.2) is 0 Å². The van der Waals surface area contributed by atoms with E-state index in [0.29, 0.717) is 0 Å². The van der Waals surface area contributed by atoms with Crippen LogP contribution in [0.1, 0.15) is 49.3 Å². The van der Waals surface area contributed by atoms with Crippen molar-refractivity contribution in [2.24, 2.45) is 5.92 Å². The van der Waals surface area contributed by atoms with Crippen molar-refractivity contribution in [1.29, 1.82) is 0 Å². The maximum atomic E-state index is 2.37. The lowest BCUT2D eigenvalue weighted by Crippen LogP contribution is -2.02. The molecule has 2 rings (SSSR count). The Labute approximate surface area is 81.0 Å². The minimum atomic E-state index is 0.741. The molecule has 0 aromatic heterocycles. The molecular formula is C13H18. The van der Waals surface area contributed by atoms with Crippen LogP contribution >= 0.6 is 0 Å². The molecule has 0 amide bonds. The van der Waals surface area contributed by atoms with Gasteiger partial charge in [-0.05, 0) is 41.4 Å². The van der Waals surface area contributed by atoms with E-state index >= 15 is 0 Å². The lowest BCUT2D eigenvalue weighted by molar-refractivity contribution is 0.464. The number of aryl methyl sites for hydroxylation is 1. The molecule has 1 aromatic carbocycles. The number of hydrogen-bond acceptors (Lipinski definition) is 0. The average molecular weight is 174 g/mol. The number of fused-ring (bicyclic) bond motifs is 1. The van der Waals surface area contributed by atoms with Crippen LogP contribution in [0.4, 0.5) is 0 Å². The molecule has 0 fully saturated rings. The number of benzene rings is 1. The molecule has 70 valence electrons. The van der Waals surface area contributed by atoms with Gasteiger partial charge < -0.3 is 0 Å². The average Bonchev–Trinajstić information content (AvgIpc) is 2.33. The number of hydrogen-bond donors (Lipinski definition) is 0. The van der Waals surface area contributed by atoms with E-state index in [9.17, 15) is 0 Å². The molecule has 1 aliphatic rings. The fourth-order valence-corrected chi connectivity index (χ4v) is 2.70. The molecule has 0 bridgehead atoms. The molecule has 3 atom stereocenters. The lowest BCUT2D eigenvalue weighted by Gasteiger charge is -2.14. The van der Waals surface area contributed by atoms with E-state index in [1.165, 1.54) is 5.56 Å². The summed E-state index contributed by atoms with van der Waals surface area (Å²) in [7, 11) is 0. The van der Waals surface area contributed by atoms with E-state index in [-0.39, 0.29) is 0 Å². The molecule has 0 nitrogen and oxygen atoms in total. The van der Waals surface area contributed by atoms with Gasteiger partial charge in [0.2, 0.25) is 0 Å². The molecule has 0 saturated heterocycles. The van der Waals surface area contributed by atoms with E-state index in [4.69, 9.17) is 0 Å². The van der Waals surface area contributed by atoms with Gasteiger partial charge in [0.25, 0.3) is 0 Å². The maximum absolute atomic E-state index is 2.37. The van der Waals surface area contributed by atoms with Gasteiger partial charge in [0, 0.05) is 0 Å². The van der Waals surface area contributed by atoms with Gasteiger partial charge in [-0.2, -0.15) is 0 Å². The molecule has 0 aliphatic heterocycles. The van der Waals surface area contributed by atoms with Crippen molar-refractivity contribution < 1.29 is 0 Å². The Morgan fingerprint density at radius 1 is 1.00 bits per heavy atom. The van der Waals surface area contributed by atoms with Crippen molar-refractivity contribution >= 4 is 0 Å². The summed E-state index contributed by atoms with van der Waals surface area (Å²) in [6, 6.07) is 6.72. The maximum Gasteiger partial charge on any atom is -0.0153 e. The normalized spacial score (nSPS) is 31.8. The first kappa shape index (κ1) is 8.80. The molecule has 13 heavy (non-hydrogen) atoms. The van der Waals surface area contributed by atoms with Crippen LogP contribution in [0.3, 0.4) is 0 Å². The van der Waals surface area contributed by atoms with Gasteiger partial charge in [0.15, 0.2) is 0 Å². The van der Waals surface area contributed by atoms with Gasteiger partial charge in [-0.1, -0.05) is 39.0 Å².